The lowest BCUT2D eigenvalue weighted by atomic mass is 10.2. The Morgan fingerprint density at radius 3 is 2.47 bits per heavy atom. The van der Waals surface area contributed by atoms with E-state index in [-0.39, 0.29) is 23.8 Å². The van der Waals surface area contributed by atoms with Gasteiger partial charge in [-0.3, -0.25) is 9.36 Å². The number of aliphatic carboxylic acids is 1. The maximum absolute atomic E-state index is 13.1. The Labute approximate surface area is 109 Å². The molecule has 1 aliphatic rings. The molecule has 0 aromatic carbocycles. The van der Waals surface area contributed by atoms with Gasteiger partial charge in [-0.05, 0) is 12.8 Å². The molecule has 2 N–H and O–H groups in total. The Hall–Kier alpha value is -1.29. The van der Waals surface area contributed by atoms with E-state index in [1.54, 1.807) is 0 Å². The molecule has 1 fully saturated rings. The Bertz CT molecular complexity index is 499. The summed E-state index contributed by atoms with van der Waals surface area (Å²) in [4.78, 5) is 10.5. The number of thioether (sulfide) groups is 1. The third-order valence-corrected chi connectivity index (χ3v) is 3.76. The van der Waals surface area contributed by atoms with Crippen LogP contribution in [0.5, 0.6) is 0 Å². The van der Waals surface area contributed by atoms with Crippen LogP contribution in [0.2, 0.25) is 0 Å². The molecule has 106 valence electrons. The van der Waals surface area contributed by atoms with Crippen LogP contribution in [-0.2, 0) is 16.9 Å². The number of rotatable bonds is 5. The summed E-state index contributed by atoms with van der Waals surface area (Å²) in [5, 5.41) is 24.5. The van der Waals surface area contributed by atoms with E-state index < -0.39 is 30.0 Å². The van der Waals surface area contributed by atoms with E-state index in [1.807, 2.05) is 0 Å². The molecule has 0 spiro atoms. The third-order valence-electron chi connectivity index (χ3n) is 2.85. The van der Waals surface area contributed by atoms with Gasteiger partial charge in [-0.15, -0.1) is 10.2 Å². The van der Waals surface area contributed by atoms with E-state index in [1.165, 1.54) is 0 Å². The molecule has 0 amide bonds. The van der Waals surface area contributed by atoms with Crippen LogP contribution in [0.15, 0.2) is 5.16 Å². The van der Waals surface area contributed by atoms with Crippen molar-refractivity contribution in [2.24, 2.45) is 0 Å². The van der Waals surface area contributed by atoms with Gasteiger partial charge >= 0.3 is 12.1 Å². The number of carboxylic acid groups (broad SMARTS) is 1. The van der Waals surface area contributed by atoms with Crippen LogP contribution in [0.25, 0.3) is 0 Å². The molecule has 6 nitrogen and oxygen atoms in total. The van der Waals surface area contributed by atoms with E-state index in [0.29, 0.717) is 11.8 Å². The average Bonchev–Trinajstić information content (AvgIpc) is 3.01. The van der Waals surface area contributed by atoms with Crippen molar-refractivity contribution < 1.29 is 28.2 Å². The van der Waals surface area contributed by atoms with Crippen molar-refractivity contribution in [3.05, 3.63) is 5.82 Å². The average molecular weight is 297 g/mol. The molecular formula is C9H10F3N3O3S. The largest absolute Gasteiger partial charge is 0.481 e. The number of nitrogens with zero attached hydrogens (tertiary/aromatic N) is 3. The number of carbonyl (C=O) groups is 1. The fraction of sp³-hybridized carbons (Fsp3) is 0.667. The Morgan fingerprint density at radius 2 is 2.05 bits per heavy atom. The summed E-state index contributed by atoms with van der Waals surface area (Å²) >= 11 is 0.653. The van der Waals surface area contributed by atoms with Gasteiger partial charge in [-0.25, -0.2) is 0 Å². The summed E-state index contributed by atoms with van der Waals surface area (Å²) in [7, 11) is 0. The SMILES string of the molecule is O=C(O)CSc1nnc(CO)n1C1(C(F)(F)F)CC1. The highest BCUT2D eigenvalue weighted by Crippen LogP contribution is 2.56. The molecule has 0 radical (unpaired) electrons. The third kappa shape index (κ3) is 2.41. The first-order chi connectivity index (χ1) is 8.82. The van der Waals surface area contributed by atoms with Gasteiger partial charge in [0, 0.05) is 0 Å². The quantitative estimate of drug-likeness (QED) is 0.788. The normalized spacial score (nSPS) is 17.5. The van der Waals surface area contributed by atoms with Crippen LogP contribution in [0, 0.1) is 0 Å². The Kier molecular flexibility index (Phi) is 3.47. The first-order valence-electron chi connectivity index (χ1n) is 5.29. The second kappa shape index (κ2) is 4.67. The molecule has 19 heavy (non-hydrogen) atoms. The van der Waals surface area contributed by atoms with E-state index >= 15 is 0 Å². The molecule has 1 saturated carbocycles. The van der Waals surface area contributed by atoms with Crippen LogP contribution in [0.4, 0.5) is 13.2 Å². The van der Waals surface area contributed by atoms with E-state index in [0.717, 1.165) is 4.57 Å². The first-order valence-corrected chi connectivity index (χ1v) is 6.27. The number of halogens is 3. The van der Waals surface area contributed by atoms with Crippen molar-refractivity contribution in [1.82, 2.24) is 14.8 Å². The van der Waals surface area contributed by atoms with Gasteiger partial charge < -0.3 is 10.2 Å². The van der Waals surface area contributed by atoms with Gasteiger partial charge in [0.25, 0.3) is 0 Å². The molecule has 0 unspecified atom stereocenters. The van der Waals surface area contributed by atoms with E-state index in [9.17, 15) is 18.0 Å². The van der Waals surface area contributed by atoms with E-state index in [4.69, 9.17) is 10.2 Å². The van der Waals surface area contributed by atoms with Gasteiger partial charge in [-0.2, -0.15) is 13.2 Å². The number of aromatic nitrogens is 3. The standard InChI is InChI=1S/C9H10F3N3O3S/c10-9(11,12)8(1-2-8)15-5(3-16)13-14-7(15)19-4-6(17)18/h16H,1-4H2,(H,17,18). The van der Waals surface area contributed by atoms with Crippen molar-refractivity contribution in [3.8, 4) is 0 Å². The number of alkyl halides is 3. The summed E-state index contributed by atoms with van der Waals surface area (Å²) in [5.74, 6) is -1.79. The minimum Gasteiger partial charge on any atom is -0.481 e. The van der Waals surface area contributed by atoms with Crippen LogP contribution in [-0.4, -0.2) is 42.9 Å². The maximum atomic E-state index is 13.1. The van der Waals surface area contributed by atoms with Crippen molar-refractivity contribution in [3.63, 3.8) is 0 Å². The molecule has 0 bridgehead atoms. The number of hydrogen-bond acceptors (Lipinski definition) is 5. The molecule has 1 aromatic rings. The van der Waals surface area contributed by atoms with Gasteiger partial charge in [0.2, 0.25) is 0 Å². The molecule has 2 rings (SSSR count). The number of carboxylic acids is 1. The number of aliphatic hydroxyl groups is 1. The Morgan fingerprint density at radius 1 is 1.42 bits per heavy atom. The summed E-state index contributed by atoms with van der Waals surface area (Å²) in [5.41, 5.74) is -2.10. The number of hydrogen-bond donors (Lipinski definition) is 2. The van der Waals surface area contributed by atoms with Crippen LogP contribution >= 0.6 is 11.8 Å². The molecule has 1 aromatic heterocycles. The van der Waals surface area contributed by atoms with Gasteiger partial charge in [0.05, 0.1) is 5.75 Å². The lowest BCUT2D eigenvalue weighted by Gasteiger charge is -2.23. The Balaban J connectivity index is 2.38. The highest BCUT2D eigenvalue weighted by molar-refractivity contribution is 7.99. The molecule has 1 heterocycles. The van der Waals surface area contributed by atoms with Crippen molar-refractivity contribution in [2.75, 3.05) is 5.75 Å². The zero-order valence-electron chi connectivity index (χ0n) is 9.51. The van der Waals surface area contributed by atoms with Crippen molar-refractivity contribution in [2.45, 2.75) is 36.3 Å². The minimum atomic E-state index is -4.49. The van der Waals surface area contributed by atoms with Crippen molar-refractivity contribution in [1.29, 1.82) is 0 Å². The topological polar surface area (TPSA) is 88.2 Å². The second-order valence-electron chi connectivity index (χ2n) is 4.10. The van der Waals surface area contributed by atoms with Crippen molar-refractivity contribution >= 4 is 17.7 Å². The van der Waals surface area contributed by atoms with Gasteiger partial charge in [-0.1, -0.05) is 11.8 Å². The molecule has 1 aliphatic carbocycles. The molecule has 10 heteroatoms. The van der Waals surface area contributed by atoms with Gasteiger partial charge in [0.1, 0.15) is 12.1 Å². The van der Waals surface area contributed by atoms with Crippen LogP contribution in [0.3, 0.4) is 0 Å². The fourth-order valence-electron chi connectivity index (χ4n) is 1.80. The zero-order valence-corrected chi connectivity index (χ0v) is 10.3. The highest BCUT2D eigenvalue weighted by Gasteiger charge is 2.66. The lowest BCUT2D eigenvalue weighted by molar-refractivity contribution is -0.182. The summed E-state index contributed by atoms with van der Waals surface area (Å²) < 4.78 is 40.0. The first kappa shape index (κ1) is 14.1. The van der Waals surface area contributed by atoms with Crippen LogP contribution in [0.1, 0.15) is 18.7 Å². The maximum Gasteiger partial charge on any atom is 0.412 e. The lowest BCUT2D eigenvalue weighted by Crippen LogP contribution is -2.36. The zero-order chi connectivity index (χ0) is 14.3. The predicted octanol–water partition coefficient (Wildman–Crippen LogP) is 0.998. The summed E-state index contributed by atoms with van der Waals surface area (Å²) in [6.45, 7) is -0.682. The fourth-order valence-corrected chi connectivity index (χ4v) is 2.57. The number of aliphatic hydroxyl groups excluding tert-OH is 1. The summed E-state index contributed by atoms with van der Waals surface area (Å²) in [6.07, 6.45) is -4.73. The molecule has 0 saturated heterocycles. The summed E-state index contributed by atoms with van der Waals surface area (Å²) in [6, 6.07) is 0. The second-order valence-corrected chi connectivity index (χ2v) is 5.05. The smallest absolute Gasteiger partial charge is 0.412 e. The predicted molar refractivity (Wildman–Crippen MR) is 57.6 cm³/mol. The molecule has 0 atom stereocenters. The van der Waals surface area contributed by atoms with Gasteiger partial charge in [0.15, 0.2) is 11.0 Å². The molecule has 0 aliphatic heterocycles. The molecular weight excluding hydrogens is 287 g/mol. The minimum absolute atomic E-state index is 0.123. The van der Waals surface area contributed by atoms with E-state index in [2.05, 4.69) is 10.2 Å². The monoisotopic (exact) mass is 297 g/mol. The highest BCUT2D eigenvalue weighted by atomic mass is 32.2. The van der Waals surface area contributed by atoms with Crippen LogP contribution < -0.4 is 0 Å².